The summed E-state index contributed by atoms with van der Waals surface area (Å²) in [6, 6.07) is 9.71. The first kappa shape index (κ1) is 10.0. The molecule has 1 aliphatic rings. The molecule has 0 radical (unpaired) electrons. The summed E-state index contributed by atoms with van der Waals surface area (Å²) in [5, 5.41) is 13.6. The fourth-order valence-electron chi connectivity index (χ4n) is 1.82. The number of nitrogens with zero attached hydrogens (tertiary/aromatic N) is 2. The van der Waals surface area contributed by atoms with Crippen LogP contribution in [0.1, 0.15) is 24.8 Å². The minimum atomic E-state index is 0.882. The molecule has 0 aromatic heterocycles. The number of piperidine rings is 1. The van der Waals surface area contributed by atoms with Gasteiger partial charge in [0.25, 0.3) is 0 Å². The van der Waals surface area contributed by atoms with Crippen molar-refractivity contribution in [3.63, 3.8) is 0 Å². The predicted octanol–water partition coefficient (Wildman–Crippen LogP) is 2.02. The third-order valence-corrected chi connectivity index (χ3v) is 2.67. The molecule has 1 aromatic carbocycles. The van der Waals surface area contributed by atoms with Crippen LogP contribution in [0.4, 0.5) is 0 Å². The highest BCUT2D eigenvalue weighted by atomic mass is 16.5. The highest BCUT2D eigenvalue weighted by Gasteiger charge is 2.14. The molecule has 1 aliphatic heterocycles. The molecule has 1 aromatic rings. The van der Waals surface area contributed by atoms with Crippen molar-refractivity contribution in [3.8, 4) is 0 Å². The fraction of sp³-hybridized carbons (Fsp3) is 0.417. The first-order chi connectivity index (χ1) is 7.36. The van der Waals surface area contributed by atoms with Gasteiger partial charge in [0.05, 0.1) is 13.1 Å². The summed E-state index contributed by atoms with van der Waals surface area (Å²) < 4.78 is 0. The molecule has 1 saturated heterocycles. The number of benzene rings is 1. The zero-order valence-corrected chi connectivity index (χ0v) is 8.80. The Morgan fingerprint density at radius 3 is 2.40 bits per heavy atom. The van der Waals surface area contributed by atoms with Crippen LogP contribution in [0.3, 0.4) is 0 Å². The lowest BCUT2D eigenvalue weighted by atomic mass is 10.2. The van der Waals surface area contributed by atoms with Gasteiger partial charge in [-0.1, -0.05) is 23.0 Å². The fourth-order valence-corrected chi connectivity index (χ4v) is 1.82. The Kier molecular flexibility index (Phi) is 3.22. The van der Waals surface area contributed by atoms with Crippen molar-refractivity contribution in [2.24, 2.45) is 0 Å². The number of hydrazone groups is 1. The van der Waals surface area contributed by atoms with Crippen LogP contribution in [-0.2, 0) is 0 Å². The Balaban J connectivity index is 2.06. The van der Waals surface area contributed by atoms with Crippen LogP contribution in [0.15, 0.2) is 30.3 Å². The first-order valence-electron chi connectivity index (χ1n) is 5.47. The first-order valence-corrected chi connectivity index (χ1v) is 5.47. The molecule has 1 fully saturated rings. The van der Waals surface area contributed by atoms with Crippen molar-refractivity contribution < 1.29 is 4.85 Å². The van der Waals surface area contributed by atoms with Gasteiger partial charge in [0.1, 0.15) is 0 Å². The highest BCUT2D eigenvalue weighted by molar-refractivity contribution is 5.75. The highest BCUT2D eigenvalue weighted by Crippen LogP contribution is 2.08. The molecule has 0 saturated carbocycles. The molecule has 0 atom stereocenters. The molecule has 2 rings (SSSR count). The molecule has 3 nitrogen and oxygen atoms in total. The van der Waals surface area contributed by atoms with Gasteiger partial charge in [0, 0.05) is 5.56 Å². The summed E-state index contributed by atoms with van der Waals surface area (Å²) in [5.41, 5.74) is 0.957. The second kappa shape index (κ2) is 4.82. The largest absolute Gasteiger partial charge is 0.596 e. The van der Waals surface area contributed by atoms with Crippen LogP contribution in [0.25, 0.3) is 0 Å². The van der Waals surface area contributed by atoms with E-state index in [-0.39, 0.29) is 0 Å². The molecule has 1 heterocycles. The molecule has 0 bridgehead atoms. The average molecular weight is 204 g/mol. The van der Waals surface area contributed by atoms with Crippen LogP contribution in [-0.4, -0.2) is 29.2 Å². The van der Waals surface area contributed by atoms with Gasteiger partial charge in [0.15, 0.2) is 0 Å². The van der Waals surface area contributed by atoms with E-state index in [9.17, 15) is 5.21 Å². The minimum absolute atomic E-state index is 0.882. The maximum Gasteiger partial charge on any atom is 0.214 e. The van der Waals surface area contributed by atoms with Crippen LogP contribution < -0.4 is 0 Å². The number of rotatable bonds is 2. The van der Waals surface area contributed by atoms with Crippen molar-refractivity contribution in [1.29, 1.82) is 0 Å². The maximum atomic E-state index is 11.8. The zero-order valence-electron chi connectivity index (χ0n) is 8.80. The molecular formula is C12H16N2O. The molecule has 80 valence electrons. The van der Waals surface area contributed by atoms with E-state index in [1.165, 1.54) is 6.42 Å². The molecule has 0 spiro atoms. The van der Waals surface area contributed by atoms with Crippen molar-refractivity contribution in [2.75, 3.05) is 13.1 Å². The van der Waals surface area contributed by atoms with Crippen LogP contribution in [0.2, 0.25) is 0 Å². The topological polar surface area (TPSA) is 29.3 Å². The molecule has 0 amide bonds. The van der Waals surface area contributed by atoms with E-state index in [0.29, 0.717) is 0 Å². The summed E-state index contributed by atoms with van der Waals surface area (Å²) in [7, 11) is 0. The quantitative estimate of drug-likeness (QED) is 0.319. The second-order valence-corrected chi connectivity index (χ2v) is 3.86. The molecule has 0 N–H and O–H groups in total. The molecule has 0 aliphatic carbocycles. The molecular weight excluding hydrogens is 188 g/mol. The van der Waals surface area contributed by atoms with E-state index in [1.54, 1.807) is 6.21 Å². The lowest BCUT2D eigenvalue weighted by Gasteiger charge is -2.24. The second-order valence-electron chi connectivity index (χ2n) is 3.86. The van der Waals surface area contributed by atoms with E-state index in [0.717, 1.165) is 36.3 Å². The van der Waals surface area contributed by atoms with E-state index >= 15 is 0 Å². The van der Waals surface area contributed by atoms with Crippen LogP contribution >= 0.6 is 0 Å². The van der Waals surface area contributed by atoms with Crippen LogP contribution in [0.5, 0.6) is 0 Å². The summed E-state index contributed by atoms with van der Waals surface area (Å²) >= 11 is 0. The Morgan fingerprint density at radius 2 is 1.73 bits per heavy atom. The Hall–Kier alpha value is -1.51. The van der Waals surface area contributed by atoms with Crippen molar-refractivity contribution in [2.45, 2.75) is 19.3 Å². The van der Waals surface area contributed by atoms with Gasteiger partial charge < -0.3 is 5.21 Å². The van der Waals surface area contributed by atoms with Gasteiger partial charge in [-0.05, 0) is 31.4 Å². The monoisotopic (exact) mass is 204 g/mol. The minimum Gasteiger partial charge on any atom is -0.596 e. The van der Waals surface area contributed by atoms with E-state index in [2.05, 4.69) is 0 Å². The van der Waals surface area contributed by atoms with Crippen molar-refractivity contribution in [3.05, 3.63) is 41.1 Å². The molecule has 3 heteroatoms. The predicted molar refractivity (Wildman–Crippen MR) is 60.7 cm³/mol. The van der Waals surface area contributed by atoms with E-state index < -0.39 is 0 Å². The Labute approximate surface area is 90.2 Å². The lowest BCUT2D eigenvalue weighted by molar-refractivity contribution is -0.635. The third kappa shape index (κ3) is 2.72. The summed E-state index contributed by atoms with van der Waals surface area (Å²) in [4.78, 5) is 0.981. The van der Waals surface area contributed by atoms with Gasteiger partial charge in [0.2, 0.25) is 6.21 Å². The van der Waals surface area contributed by atoms with Crippen molar-refractivity contribution in [1.82, 2.24) is 5.01 Å². The lowest BCUT2D eigenvalue weighted by Crippen LogP contribution is -2.36. The van der Waals surface area contributed by atoms with Gasteiger partial charge in [-0.25, -0.2) is 0 Å². The number of hydrogen-bond donors (Lipinski definition) is 0. The van der Waals surface area contributed by atoms with Gasteiger partial charge in [-0.15, -0.1) is 0 Å². The smallest absolute Gasteiger partial charge is 0.214 e. The zero-order chi connectivity index (χ0) is 10.5. The molecule has 0 unspecified atom stereocenters. The average Bonchev–Trinajstić information content (AvgIpc) is 2.31. The molecule has 15 heavy (non-hydrogen) atoms. The Bertz CT molecular complexity index is 329. The summed E-state index contributed by atoms with van der Waals surface area (Å²) in [6.07, 6.45) is 5.14. The van der Waals surface area contributed by atoms with Gasteiger partial charge in [-0.2, -0.15) is 5.01 Å². The standard InChI is InChI=1S/C12H16N2O/c15-14(13-9-5-2-6-10-13)11-12-7-3-1-4-8-12/h1,3-4,7-8,11H,2,5-6,9-10H2. The SMILES string of the molecule is [O-][N+](=Cc1ccccc1)N1CCCCC1. The number of hydrogen-bond acceptors (Lipinski definition) is 2. The summed E-state index contributed by atoms with van der Waals surface area (Å²) in [5.74, 6) is 0. The third-order valence-electron chi connectivity index (χ3n) is 2.67. The Morgan fingerprint density at radius 1 is 1.07 bits per heavy atom. The van der Waals surface area contributed by atoms with Gasteiger partial charge >= 0.3 is 0 Å². The van der Waals surface area contributed by atoms with Gasteiger partial charge in [-0.3, -0.25) is 0 Å². The normalized spacial score (nSPS) is 17.9. The summed E-state index contributed by atoms with van der Waals surface area (Å²) in [6.45, 7) is 1.76. The number of hydrazine groups is 1. The van der Waals surface area contributed by atoms with E-state index in [4.69, 9.17) is 0 Å². The van der Waals surface area contributed by atoms with E-state index in [1.807, 2.05) is 35.3 Å². The van der Waals surface area contributed by atoms with Crippen LogP contribution in [0, 0.1) is 5.21 Å². The maximum absolute atomic E-state index is 11.8. The van der Waals surface area contributed by atoms with Crippen molar-refractivity contribution >= 4 is 6.21 Å².